The average Bonchev–Trinajstić information content (AvgIpc) is 3.53. The van der Waals surface area contributed by atoms with Crippen LogP contribution in [0.2, 0.25) is 0 Å². The van der Waals surface area contributed by atoms with E-state index in [0.29, 0.717) is 24.1 Å². The standard InChI is InChI=1S/C27H28N4O5/c1-27-15-9-14-23(32)31(27)22(24(36-27)19-10-3-2-4-11-19)18-35-26(34)29-28-25(33)20-12-5-6-13-21(20)30-16-7-8-17-30/h2-8,10-13,16-17,22,24H,9,14-15,18H2,1H3,(H,28,33)(H,29,34). The lowest BCUT2D eigenvalue weighted by Gasteiger charge is -2.39. The molecule has 0 bridgehead atoms. The number of fused-ring (bicyclic) bond motifs is 1. The third-order valence-electron chi connectivity index (χ3n) is 6.69. The summed E-state index contributed by atoms with van der Waals surface area (Å²) < 4.78 is 13.7. The molecular formula is C27H28N4O5. The van der Waals surface area contributed by atoms with Gasteiger partial charge < -0.3 is 18.9 Å². The Morgan fingerprint density at radius 1 is 1.03 bits per heavy atom. The van der Waals surface area contributed by atoms with Gasteiger partial charge in [-0.2, -0.15) is 0 Å². The largest absolute Gasteiger partial charge is 0.446 e. The summed E-state index contributed by atoms with van der Waals surface area (Å²) in [5, 5.41) is 0. The maximum Gasteiger partial charge on any atom is 0.426 e. The maximum atomic E-state index is 12.8. The van der Waals surface area contributed by atoms with Crippen molar-refractivity contribution in [3.05, 3.63) is 90.3 Å². The van der Waals surface area contributed by atoms with Crippen molar-refractivity contribution in [2.24, 2.45) is 0 Å². The summed E-state index contributed by atoms with van der Waals surface area (Å²) in [5.41, 5.74) is 5.93. The van der Waals surface area contributed by atoms with Crippen molar-refractivity contribution in [3.63, 3.8) is 0 Å². The molecule has 0 spiro atoms. The second-order valence-corrected chi connectivity index (χ2v) is 9.09. The summed E-state index contributed by atoms with van der Waals surface area (Å²) in [6, 6.07) is 19.9. The molecule has 36 heavy (non-hydrogen) atoms. The number of ether oxygens (including phenoxy) is 2. The van der Waals surface area contributed by atoms with E-state index in [0.717, 1.165) is 12.0 Å². The Morgan fingerprint density at radius 2 is 1.75 bits per heavy atom. The van der Waals surface area contributed by atoms with Gasteiger partial charge in [-0.05, 0) is 49.6 Å². The fourth-order valence-electron chi connectivity index (χ4n) is 5.06. The molecule has 9 nitrogen and oxygen atoms in total. The van der Waals surface area contributed by atoms with E-state index in [-0.39, 0.29) is 12.5 Å². The molecule has 3 amide bonds. The van der Waals surface area contributed by atoms with Crippen molar-refractivity contribution in [2.75, 3.05) is 6.61 Å². The van der Waals surface area contributed by atoms with Crippen molar-refractivity contribution in [3.8, 4) is 5.69 Å². The molecule has 5 rings (SSSR count). The van der Waals surface area contributed by atoms with Gasteiger partial charge in [0.15, 0.2) is 0 Å². The number of amides is 3. The molecule has 3 atom stereocenters. The van der Waals surface area contributed by atoms with E-state index in [1.807, 2.05) is 78.5 Å². The number of para-hydroxylation sites is 1. The molecule has 2 aliphatic heterocycles. The first kappa shape index (κ1) is 23.6. The fourth-order valence-corrected chi connectivity index (χ4v) is 5.06. The SMILES string of the molecule is CC12CCCC(=O)N1C(COC(=O)NNC(=O)c1ccccc1-n1cccc1)C(c1ccccc1)O2. The van der Waals surface area contributed by atoms with Crippen LogP contribution in [0.25, 0.3) is 5.69 Å². The highest BCUT2D eigenvalue weighted by molar-refractivity contribution is 5.98. The van der Waals surface area contributed by atoms with E-state index in [2.05, 4.69) is 10.9 Å². The van der Waals surface area contributed by atoms with E-state index in [1.54, 1.807) is 17.0 Å². The summed E-state index contributed by atoms with van der Waals surface area (Å²) in [6.07, 6.45) is 4.28. The van der Waals surface area contributed by atoms with Crippen LogP contribution in [0, 0.1) is 0 Å². The van der Waals surface area contributed by atoms with Gasteiger partial charge in [-0.1, -0.05) is 42.5 Å². The third kappa shape index (κ3) is 4.57. The highest BCUT2D eigenvalue weighted by Gasteiger charge is 2.54. The van der Waals surface area contributed by atoms with Gasteiger partial charge in [0.2, 0.25) is 5.91 Å². The van der Waals surface area contributed by atoms with Crippen LogP contribution >= 0.6 is 0 Å². The number of nitrogens with one attached hydrogen (secondary N) is 2. The first-order valence-electron chi connectivity index (χ1n) is 12.0. The minimum Gasteiger partial charge on any atom is -0.446 e. The number of rotatable bonds is 5. The Bertz CT molecular complexity index is 1250. The molecule has 2 saturated heterocycles. The monoisotopic (exact) mass is 488 g/mol. The van der Waals surface area contributed by atoms with Gasteiger partial charge in [-0.15, -0.1) is 0 Å². The van der Waals surface area contributed by atoms with Crippen molar-refractivity contribution in [1.82, 2.24) is 20.3 Å². The van der Waals surface area contributed by atoms with Crippen LogP contribution in [0.5, 0.6) is 0 Å². The second kappa shape index (κ2) is 9.87. The Kier molecular flexibility index (Phi) is 6.47. The Labute approximate surface area is 209 Å². The van der Waals surface area contributed by atoms with E-state index in [9.17, 15) is 14.4 Å². The second-order valence-electron chi connectivity index (χ2n) is 9.09. The minimum absolute atomic E-state index is 0.0221. The van der Waals surface area contributed by atoms with Crippen molar-refractivity contribution in [1.29, 1.82) is 0 Å². The number of benzene rings is 2. The molecule has 2 aliphatic rings. The number of hydrogen-bond donors (Lipinski definition) is 2. The topological polar surface area (TPSA) is 102 Å². The molecule has 2 fully saturated rings. The summed E-state index contributed by atoms with van der Waals surface area (Å²) in [5.74, 6) is -0.507. The molecule has 2 aromatic carbocycles. The number of piperidine rings is 1. The summed E-state index contributed by atoms with van der Waals surface area (Å²) in [7, 11) is 0. The average molecular weight is 489 g/mol. The van der Waals surface area contributed by atoms with Crippen LogP contribution in [0.1, 0.15) is 48.2 Å². The van der Waals surface area contributed by atoms with E-state index in [4.69, 9.17) is 9.47 Å². The normalized spacial score (nSPS) is 23.1. The predicted octanol–water partition coefficient (Wildman–Crippen LogP) is 3.72. The number of carbonyl (C=O) groups excluding carboxylic acids is 3. The number of aromatic nitrogens is 1. The molecule has 1 aromatic heterocycles. The summed E-state index contributed by atoms with van der Waals surface area (Å²) in [4.78, 5) is 39.8. The number of hydrazine groups is 1. The van der Waals surface area contributed by atoms with Gasteiger partial charge in [-0.25, -0.2) is 10.2 Å². The first-order chi connectivity index (χ1) is 17.5. The lowest BCUT2D eigenvalue weighted by atomic mass is 9.97. The van der Waals surface area contributed by atoms with Crippen LogP contribution in [0.3, 0.4) is 0 Å². The zero-order valence-corrected chi connectivity index (χ0v) is 19.9. The Hall–Kier alpha value is -4.11. The lowest BCUT2D eigenvalue weighted by Crippen LogP contribution is -2.54. The van der Waals surface area contributed by atoms with Gasteiger partial charge in [0, 0.05) is 18.8 Å². The van der Waals surface area contributed by atoms with E-state index >= 15 is 0 Å². The van der Waals surface area contributed by atoms with Crippen molar-refractivity contribution < 1.29 is 23.9 Å². The molecule has 0 radical (unpaired) electrons. The molecule has 0 aliphatic carbocycles. The van der Waals surface area contributed by atoms with Gasteiger partial charge in [-0.3, -0.25) is 15.0 Å². The summed E-state index contributed by atoms with van der Waals surface area (Å²) >= 11 is 0. The highest BCUT2D eigenvalue weighted by Crippen LogP contribution is 2.46. The van der Waals surface area contributed by atoms with E-state index in [1.165, 1.54) is 0 Å². The zero-order chi connectivity index (χ0) is 25.1. The highest BCUT2D eigenvalue weighted by atomic mass is 16.6. The Balaban J connectivity index is 1.25. The van der Waals surface area contributed by atoms with Gasteiger partial charge in [0.1, 0.15) is 18.4 Å². The van der Waals surface area contributed by atoms with Crippen molar-refractivity contribution >= 4 is 17.9 Å². The molecule has 9 heteroatoms. The predicted molar refractivity (Wildman–Crippen MR) is 131 cm³/mol. The van der Waals surface area contributed by atoms with E-state index < -0.39 is 29.9 Å². The van der Waals surface area contributed by atoms with Crippen molar-refractivity contribution in [2.45, 2.75) is 44.1 Å². The fraction of sp³-hybridized carbons (Fsp3) is 0.296. The Morgan fingerprint density at radius 3 is 2.53 bits per heavy atom. The number of hydrogen-bond acceptors (Lipinski definition) is 5. The number of carbonyl (C=O) groups is 3. The molecule has 2 N–H and O–H groups in total. The zero-order valence-electron chi connectivity index (χ0n) is 19.9. The molecular weight excluding hydrogens is 460 g/mol. The first-order valence-corrected chi connectivity index (χ1v) is 12.0. The maximum absolute atomic E-state index is 12.8. The molecule has 3 unspecified atom stereocenters. The van der Waals surface area contributed by atoms with Gasteiger partial charge in [0.25, 0.3) is 5.91 Å². The van der Waals surface area contributed by atoms with Crippen LogP contribution in [0.4, 0.5) is 4.79 Å². The molecule has 3 heterocycles. The van der Waals surface area contributed by atoms with Crippen LogP contribution < -0.4 is 10.9 Å². The number of nitrogens with zero attached hydrogens (tertiary/aromatic N) is 2. The molecule has 3 aromatic rings. The molecule has 186 valence electrons. The van der Waals surface area contributed by atoms with Crippen LogP contribution in [0.15, 0.2) is 79.1 Å². The van der Waals surface area contributed by atoms with Gasteiger partial charge in [0.05, 0.1) is 17.3 Å². The minimum atomic E-state index is -0.827. The quantitative estimate of drug-likeness (QED) is 0.533. The smallest absolute Gasteiger partial charge is 0.426 e. The third-order valence-corrected chi connectivity index (χ3v) is 6.69. The summed E-state index contributed by atoms with van der Waals surface area (Å²) in [6.45, 7) is 1.82. The lowest BCUT2D eigenvalue weighted by molar-refractivity contribution is -0.159. The van der Waals surface area contributed by atoms with Gasteiger partial charge >= 0.3 is 6.09 Å². The van der Waals surface area contributed by atoms with Crippen LogP contribution in [-0.2, 0) is 14.3 Å². The van der Waals surface area contributed by atoms with Crippen LogP contribution in [-0.4, -0.2) is 45.7 Å². The molecule has 0 saturated carbocycles.